The number of hydrogen-bond donors (Lipinski definition) is 1. The van der Waals surface area contributed by atoms with Gasteiger partial charge in [-0.15, -0.1) is 0 Å². The molecule has 0 saturated carbocycles. The van der Waals surface area contributed by atoms with E-state index in [1.165, 1.54) is 25.1 Å². The first-order chi connectivity index (χ1) is 9.84. The van der Waals surface area contributed by atoms with Crippen LogP contribution in [0, 0.1) is 10.1 Å². The van der Waals surface area contributed by atoms with Gasteiger partial charge in [0.25, 0.3) is 5.69 Å². The van der Waals surface area contributed by atoms with Gasteiger partial charge in [0.15, 0.2) is 9.84 Å². The third-order valence-electron chi connectivity index (χ3n) is 2.53. The molecule has 0 unspecified atom stereocenters. The maximum Gasteiger partial charge on any atom is 0.302 e. The van der Waals surface area contributed by atoms with E-state index in [0.29, 0.717) is 6.54 Å². The van der Waals surface area contributed by atoms with Crippen LogP contribution in [0.4, 0.5) is 5.69 Å². The van der Waals surface area contributed by atoms with Crippen LogP contribution in [0.2, 0.25) is 0 Å². The average Bonchev–Trinajstić information content (AvgIpc) is 2.42. The normalized spacial score (nSPS) is 11.1. The number of ether oxygens (including phenoxy) is 1. The van der Waals surface area contributed by atoms with Crippen molar-refractivity contribution in [1.82, 2.24) is 5.32 Å². The summed E-state index contributed by atoms with van der Waals surface area (Å²) in [6.45, 7) is 1.83. The standard InChI is InChI=1S/C12H16N2O6S/c1-10(15)20-8-6-13-7-9-21(18,19)12-5-3-2-4-11(12)14(16)17/h2-5,13H,6-9H2,1H3. The number of nitrogens with zero attached hydrogens (tertiary/aromatic N) is 1. The molecule has 0 bridgehead atoms. The van der Waals surface area contributed by atoms with Gasteiger partial charge in [-0.25, -0.2) is 8.42 Å². The van der Waals surface area contributed by atoms with E-state index in [1.54, 1.807) is 0 Å². The van der Waals surface area contributed by atoms with E-state index in [-0.39, 0.29) is 23.8 Å². The van der Waals surface area contributed by atoms with Crippen molar-refractivity contribution in [2.45, 2.75) is 11.8 Å². The predicted octanol–water partition coefficient (Wildman–Crippen LogP) is 0.521. The summed E-state index contributed by atoms with van der Waals surface area (Å²) in [6.07, 6.45) is 0. The lowest BCUT2D eigenvalue weighted by atomic mass is 10.3. The highest BCUT2D eigenvalue weighted by Crippen LogP contribution is 2.23. The second-order valence-electron chi connectivity index (χ2n) is 4.13. The number of hydrogen-bond acceptors (Lipinski definition) is 7. The third kappa shape index (κ3) is 5.48. The predicted molar refractivity (Wildman–Crippen MR) is 74.7 cm³/mol. The van der Waals surface area contributed by atoms with Crippen molar-refractivity contribution in [2.75, 3.05) is 25.4 Å². The topological polar surface area (TPSA) is 116 Å². The summed E-state index contributed by atoms with van der Waals surface area (Å²) in [7, 11) is -3.75. The zero-order valence-corrected chi connectivity index (χ0v) is 12.3. The molecular formula is C12H16N2O6S. The first-order valence-electron chi connectivity index (χ1n) is 6.15. The third-order valence-corrected chi connectivity index (χ3v) is 4.29. The van der Waals surface area contributed by atoms with Gasteiger partial charge in [0.2, 0.25) is 0 Å². The number of para-hydroxylation sites is 1. The summed E-state index contributed by atoms with van der Waals surface area (Å²) in [5.41, 5.74) is -0.433. The van der Waals surface area contributed by atoms with Crippen LogP contribution in [0.15, 0.2) is 29.2 Å². The van der Waals surface area contributed by atoms with Crippen molar-refractivity contribution in [1.29, 1.82) is 0 Å². The number of nitro benzene ring substituents is 1. The molecule has 1 rings (SSSR count). The number of carbonyl (C=O) groups is 1. The van der Waals surface area contributed by atoms with E-state index in [2.05, 4.69) is 10.1 Å². The smallest absolute Gasteiger partial charge is 0.302 e. The van der Waals surface area contributed by atoms with E-state index < -0.39 is 26.4 Å². The Morgan fingerprint density at radius 2 is 2.00 bits per heavy atom. The van der Waals surface area contributed by atoms with Crippen molar-refractivity contribution in [3.05, 3.63) is 34.4 Å². The van der Waals surface area contributed by atoms with Crippen LogP contribution in [-0.2, 0) is 19.4 Å². The molecule has 116 valence electrons. The minimum Gasteiger partial charge on any atom is -0.465 e. The second-order valence-corrected chi connectivity index (χ2v) is 6.21. The molecule has 0 spiro atoms. The molecule has 8 nitrogen and oxygen atoms in total. The second kappa shape index (κ2) is 7.70. The molecule has 0 heterocycles. The van der Waals surface area contributed by atoms with Crippen molar-refractivity contribution >= 4 is 21.5 Å². The minimum atomic E-state index is -3.75. The summed E-state index contributed by atoms with van der Waals surface area (Å²) in [6, 6.07) is 5.22. The Balaban J connectivity index is 2.58. The average molecular weight is 316 g/mol. The Labute approximate surface area is 122 Å². The summed E-state index contributed by atoms with van der Waals surface area (Å²) in [5, 5.41) is 13.6. The summed E-state index contributed by atoms with van der Waals surface area (Å²) in [5.74, 6) is -0.692. The highest BCUT2D eigenvalue weighted by molar-refractivity contribution is 7.91. The molecule has 0 saturated heterocycles. The number of nitro groups is 1. The molecule has 0 aromatic heterocycles. The van der Waals surface area contributed by atoms with Crippen LogP contribution in [0.3, 0.4) is 0 Å². The molecule has 1 aromatic carbocycles. The van der Waals surface area contributed by atoms with Gasteiger partial charge in [-0.3, -0.25) is 14.9 Å². The van der Waals surface area contributed by atoms with Gasteiger partial charge in [-0.2, -0.15) is 0 Å². The van der Waals surface area contributed by atoms with E-state index >= 15 is 0 Å². The molecule has 1 aromatic rings. The first-order valence-corrected chi connectivity index (χ1v) is 7.80. The van der Waals surface area contributed by atoms with Crippen molar-refractivity contribution in [2.24, 2.45) is 0 Å². The Morgan fingerprint density at radius 1 is 1.33 bits per heavy atom. The zero-order valence-electron chi connectivity index (χ0n) is 11.4. The number of esters is 1. The van der Waals surface area contributed by atoms with Crippen LogP contribution in [0.5, 0.6) is 0 Å². The molecule has 9 heteroatoms. The molecule has 21 heavy (non-hydrogen) atoms. The molecule has 0 aliphatic heterocycles. The fourth-order valence-electron chi connectivity index (χ4n) is 1.58. The van der Waals surface area contributed by atoms with Gasteiger partial charge in [-0.1, -0.05) is 12.1 Å². The maximum atomic E-state index is 12.1. The lowest BCUT2D eigenvalue weighted by molar-refractivity contribution is -0.387. The van der Waals surface area contributed by atoms with E-state index in [0.717, 1.165) is 6.07 Å². The SMILES string of the molecule is CC(=O)OCCNCCS(=O)(=O)c1ccccc1[N+](=O)[O-]. The maximum absolute atomic E-state index is 12.1. The molecule has 0 amide bonds. The molecular weight excluding hydrogens is 300 g/mol. The summed E-state index contributed by atoms with van der Waals surface area (Å²) < 4.78 is 28.8. The highest BCUT2D eigenvalue weighted by Gasteiger charge is 2.24. The Morgan fingerprint density at radius 3 is 2.62 bits per heavy atom. The lowest BCUT2D eigenvalue weighted by Crippen LogP contribution is -2.27. The van der Waals surface area contributed by atoms with Gasteiger partial charge in [0.1, 0.15) is 11.5 Å². The van der Waals surface area contributed by atoms with Gasteiger partial charge < -0.3 is 10.1 Å². The van der Waals surface area contributed by atoms with E-state index in [9.17, 15) is 23.3 Å². The summed E-state index contributed by atoms with van der Waals surface area (Å²) in [4.78, 5) is 20.3. The molecule has 1 N–H and O–H groups in total. The van der Waals surface area contributed by atoms with Crippen LogP contribution >= 0.6 is 0 Å². The molecule has 0 fully saturated rings. The van der Waals surface area contributed by atoms with Crippen molar-refractivity contribution in [3.8, 4) is 0 Å². The number of sulfone groups is 1. The van der Waals surface area contributed by atoms with Crippen LogP contribution in [0.1, 0.15) is 6.92 Å². The van der Waals surface area contributed by atoms with Crippen molar-refractivity contribution < 1.29 is 22.9 Å². The molecule has 0 aliphatic carbocycles. The fourth-order valence-corrected chi connectivity index (χ4v) is 2.96. The molecule has 0 radical (unpaired) electrons. The zero-order chi connectivity index (χ0) is 15.9. The van der Waals surface area contributed by atoms with Crippen molar-refractivity contribution in [3.63, 3.8) is 0 Å². The molecule has 0 aliphatic rings. The number of carbonyl (C=O) groups excluding carboxylic acids is 1. The highest BCUT2D eigenvalue weighted by atomic mass is 32.2. The van der Waals surface area contributed by atoms with Gasteiger partial charge >= 0.3 is 5.97 Å². The van der Waals surface area contributed by atoms with Crippen LogP contribution in [0.25, 0.3) is 0 Å². The van der Waals surface area contributed by atoms with Gasteiger partial charge in [-0.05, 0) is 6.07 Å². The minimum absolute atomic E-state index is 0.107. The Kier molecular flexibility index (Phi) is 6.25. The summed E-state index contributed by atoms with van der Waals surface area (Å²) >= 11 is 0. The quantitative estimate of drug-likeness (QED) is 0.322. The number of rotatable bonds is 8. The monoisotopic (exact) mass is 316 g/mol. The first kappa shape index (κ1) is 17.1. The van der Waals surface area contributed by atoms with Gasteiger partial charge in [0, 0.05) is 26.1 Å². The molecule has 0 atom stereocenters. The lowest BCUT2D eigenvalue weighted by Gasteiger charge is -2.07. The van der Waals surface area contributed by atoms with Crippen LogP contribution in [-0.4, -0.2) is 44.8 Å². The van der Waals surface area contributed by atoms with E-state index in [1.807, 2.05) is 0 Å². The number of nitrogens with one attached hydrogen (secondary N) is 1. The Bertz CT molecular complexity index is 614. The largest absolute Gasteiger partial charge is 0.465 e. The van der Waals surface area contributed by atoms with Gasteiger partial charge in [0.05, 0.1) is 10.7 Å². The Hall–Kier alpha value is -2.00. The fraction of sp³-hybridized carbons (Fsp3) is 0.417. The number of benzene rings is 1. The van der Waals surface area contributed by atoms with E-state index in [4.69, 9.17) is 0 Å². The van der Waals surface area contributed by atoms with Crippen LogP contribution < -0.4 is 5.32 Å².